The molecule has 0 amide bonds. The first-order valence-corrected chi connectivity index (χ1v) is 5.36. The summed E-state index contributed by atoms with van der Waals surface area (Å²) in [5.41, 5.74) is 0. The van der Waals surface area contributed by atoms with Crippen molar-refractivity contribution in [2.75, 3.05) is 18.9 Å². The third kappa shape index (κ3) is 7.93. The minimum atomic E-state index is -3.83. The summed E-state index contributed by atoms with van der Waals surface area (Å²) >= 11 is 0. The fourth-order valence-corrected chi connectivity index (χ4v) is 1.18. The molecule has 0 radical (unpaired) electrons. The maximum atomic E-state index is 10.2. The molecule has 0 spiro atoms. The van der Waals surface area contributed by atoms with Gasteiger partial charge in [-0.15, -0.1) is 0 Å². The molecule has 0 aromatic heterocycles. The van der Waals surface area contributed by atoms with Crippen molar-refractivity contribution < 1.29 is 18.1 Å². The lowest BCUT2D eigenvalue weighted by atomic mass is 10.3. The zero-order chi connectivity index (χ0) is 9.61. The van der Waals surface area contributed by atoms with Crippen LogP contribution >= 0.6 is 0 Å². The van der Waals surface area contributed by atoms with Gasteiger partial charge in [-0.3, -0.25) is 4.55 Å². The molecule has 0 aliphatic heterocycles. The molecule has 0 bridgehead atoms. The van der Waals surface area contributed by atoms with E-state index in [1.807, 2.05) is 0 Å². The molecule has 0 aliphatic carbocycles. The van der Waals surface area contributed by atoms with Gasteiger partial charge in [0.2, 0.25) is 0 Å². The molecule has 0 heterocycles. The summed E-state index contributed by atoms with van der Waals surface area (Å²) in [6.07, 6.45) is 0.350. The summed E-state index contributed by atoms with van der Waals surface area (Å²) in [7, 11) is -3.83. The predicted octanol–water partition coefficient (Wildman–Crippen LogP) is -0.765. The SMILES string of the molecule is C[C@@H](CO)NCCCS(=O)(=O)O. The molecular formula is C6H15NO4S. The average Bonchev–Trinajstić information content (AvgIpc) is 1.96. The zero-order valence-electron chi connectivity index (χ0n) is 7.02. The van der Waals surface area contributed by atoms with Crippen LogP contribution in [0.15, 0.2) is 0 Å². The van der Waals surface area contributed by atoms with E-state index in [-0.39, 0.29) is 18.4 Å². The quantitative estimate of drug-likeness (QED) is 0.384. The number of rotatable bonds is 6. The number of hydrogen-bond acceptors (Lipinski definition) is 4. The van der Waals surface area contributed by atoms with Gasteiger partial charge in [0, 0.05) is 6.04 Å². The van der Waals surface area contributed by atoms with Crippen LogP contribution in [0.5, 0.6) is 0 Å². The van der Waals surface area contributed by atoms with Crippen LogP contribution in [0.4, 0.5) is 0 Å². The number of hydrogen-bond donors (Lipinski definition) is 3. The van der Waals surface area contributed by atoms with Gasteiger partial charge in [0.15, 0.2) is 0 Å². The molecule has 0 fully saturated rings. The largest absolute Gasteiger partial charge is 0.395 e. The first-order chi connectivity index (χ1) is 5.45. The van der Waals surface area contributed by atoms with Crippen LogP contribution in [0.25, 0.3) is 0 Å². The molecule has 0 unspecified atom stereocenters. The highest BCUT2D eigenvalue weighted by Gasteiger charge is 2.04. The highest BCUT2D eigenvalue weighted by molar-refractivity contribution is 7.85. The first kappa shape index (κ1) is 11.8. The van der Waals surface area contributed by atoms with Crippen LogP contribution in [-0.4, -0.2) is 43.0 Å². The third-order valence-corrected chi connectivity index (χ3v) is 2.15. The van der Waals surface area contributed by atoms with E-state index < -0.39 is 10.1 Å². The summed E-state index contributed by atoms with van der Waals surface area (Å²) in [5, 5.41) is 11.4. The summed E-state index contributed by atoms with van der Waals surface area (Å²) in [6, 6.07) is -0.0357. The lowest BCUT2D eigenvalue weighted by Crippen LogP contribution is -2.30. The van der Waals surface area contributed by atoms with Gasteiger partial charge in [-0.2, -0.15) is 8.42 Å². The van der Waals surface area contributed by atoms with E-state index in [1.165, 1.54) is 0 Å². The van der Waals surface area contributed by atoms with Gasteiger partial charge in [-0.25, -0.2) is 0 Å². The average molecular weight is 197 g/mol. The first-order valence-electron chi connectivity index (χ1n) is 3.75. The molecule has 5 nitrogen and oxygen atoms in total. The fraction of sp³-hybridized carbons (Fsp3) is 1.00. The van der Waals surface area contributed by atoms with Gasteiger partial charge >= 0.3 is 0 Å². The van der Waals surface area contributed by atoms with Crippen molar-refractivity contribution in [2.45, 2.75) is 19.4 Å². The summed E-state index contributed by atoms with van der Waals surface area (Å²) in [4.78, 5) is 0. The minimum Gasteiger partial charge on any atom is -0.395 e. The standard InChI is InChI=1S/C6H15NO4S/c1-6(5-8)7-3-2-4-12(9,10)11/h6-8H,2-5H2,1H3,(H,9,10,11)/t6-/m0/s1. The van der Waals surface area contributed by atoms with Crippen LogP contribution in [0.2, 0.25) is 0 Å². The van der Waals surface area contributed by atoms with Crippen LogP contribution in [0.1, 0.15) is 13.3 Å². The zero-order valence-corrected chi connectivity index (χ0v) is 7.84. The molecular weight excluding hydrogens is 182 g/mol. The maximum absolute atomic E-state index is 10.2. The van der Waals surface area contributed by atoms with Gasteiger partial charge in [-0.1, -0.05) is 0 Å². The van der Waals surface area contributed by atoms with E-state index in [0.717, 1.165) is 0 Å². The third-order valence-electron chi connectivity index (χ3n) is 1.35. The topological polar surface area (TPSA) is 86.6 Å². The van der Waals surface area contributed by atoms with Crippen LogP contribution in [0, 0.1) is 0 Å². The number of nitrogens with one attached hydrogen (secondary N) is 1. The Balaban J connectivity index is 3.34. The van der Waals surface area contributed by atoms with Gasteiger partial charge in [0.1, 0.15) is 0 Å². The molecule has 0 aromatic rings. The normalized spacial score (nSPS) is 14.6. The van der Waals surface area contributed by atoms with E-state index in [2.05, 4.69) is 5.32 Å². The van der Waals surface area contributed by atoms with Crippen LogP contribution in [0.3, 0.4) is 0 Å². The minimum absolute atomic E-state index is 0.0197. The second kappa shape index (κ2) is 5.47. The molecule has 0 saturated heterocycles. The van der Waals surface area contributed by atoms with Crippen molar-refractivity contribution in [3.05, 3.63) is 0 Å². The van der Waals surface area contributed by atoms with E-state index in [1.54, 1.807) is 6.92 Å². The molecule has 3 N–H and O–H groups in total. The van der Waals surface area contributed by atoms with Crippen LogP contribution < -0.4 is 5.32 Å². The van der Waals surface area contributed by atoms with Crippen LogP contribution in [-0.2, 0) is 10.1 Å². The van der Waals surface area contributed by atoms with Crippen molar-refractivity contribution in [3.63, 3.8) is 0 Å². The molecule has 12 heavy (non-hydrogen) atoms. The fourth-order valence-electron chi connectivity index (χ4n) is 0.668. The van der Waals surface area contributed by atoms with Crippen molar-refractivity contribution in [1.29, 1.82) is 0 Å². The van der Waals surface area contributed by atoms with Gasteiger partial charge in [-0.05, 0) is 19.9 Å². The number of aliphatic hydroxyl groups excluding tert-OH is 1. The van der Waals surface area contributed by atoms with Gasteiger partial charge in [0.25, 0.3) is 10.1 Å². The molecule has 6 heteroatoms. The van der Waals surface area contributed by atoms with Crippen molar-refractivity contribution >= 4 is 10.1 Å². The lowest BCUT2D eigenvalue weighted by Gasteiger charge is -2.08. The molecule has 0 aliphatic rings. The molecule has 0 saturated carbocycles. The van der Waals surface area contributed by atoms with E-state index in [0.29, 0.717) is 13.0 Å². The Morgan fingerprint density at radius 3 is 2.50 bits per heavy atom. The Morgan fingerprint density at radius 1 is 1.50 bits per heavy atom. The second-order valence-corrected chi connectivity index (χ2v) is 4.25. The van der Waals surface area contributed by atoms with E-state index in [4.69, 9.17) is 9.66 Å². The van der Waals surface area contributed by atoms with E-state index >= 15 is 0 Å². The van der Waals surface area contributed by atoms with Gasteiger partial charge in [0.05, 0.1) is 12.4 Å². The Bertz CT molecular complexity index is 202. The second-order valence-electron chi connectivity index (χ2n) is 2.68. The van der Waals surface area contributed by atoms with Crippen molar-refractivity contribution in [2.24, 2.45) is 0 Å². The van der Waals surface area contributed by atoms with Gasteiger partial charge < -0.3 is 10.4 Å². The summed E-state index contributed by atoms with van der Waals surface area (Å²) < 4.78 is 28.8. The summed E-state index contributed by atoms with van der Waals surface area (Å²) in [5.74, 6) is -0.238. The van der Waals surface area contributed by atoms with Crippen molar-refractivity contribution in [3.8, 4) is 0 Å². The molecule has 0 aromatic carbocycles. The Hall–Kier alpha value is -0.170. The lowest BCUT2D eigenvalue weighted by molar-refractivity contribution is 0.252. The monoisotopic (exact) mass is 197 g/mol. The van der Waals surface area contributed by atoms with Crippen molar-refractivity contribution in [1.82, 2.24) is 5.32 Å². The smallest absolute Gasteiger partial charge is 0.264 e. The predicted molar refractivity (Wildman–Crippen MR) is 45.6 cm³/mol. The summed E-state index contributed by atoms with van der Waals surface area (Å²) in [6.45, 7) is 2.28. The Kier molecular flexibility index (Phi) is 5.39. The Labute approximate surface area is 72.5 Å². The highest BCUT2D eigenvalue weighted by atomic mass is 32.2. The molecule has 1 atom stereocenters. The van der Waals surface area contributed by atoms with E-state index in [9.17, 15) is 8.42 Å². The molecule has 74 valence electrons. The molecule has 0 rings (SSSR count). The number of aliphatic hydroxyl groups is 1. The Morgan fingerprint density at radius 2 is 2.08 bits per heavy atom. The maximum Gasteiger partial charge on any atom is 0.264 e. The highest BCUT2D eigenvalue weighted by Crippen LogP contribution is 1.87.